The number of aromatic nitrogens is 1. The second-order valence-electron chi connectivity index (χ2n) is 9.74. The number of hydrogen-bond donors (Lipinski definition) is 2. The number of ether oxygens (including phenoxy) is 1. The predicted octanol–water partition coefficient (Wildman–Crippen LogP) is 5.63. The first-order chi connectivity index (χ1) is 16.2. The van der Waals surface area contributed by atoms with E-state index in [0.717, 1.165) is 17.2 Å². The number of carboxylic acid groups (broad SMARTS) is 1. The molecule has 1 aliphatic rings. The van der Waals surface area contributed by atoms with E-state index in [1.165, 1.54) is 6.07 Å². The molecule has 1 aromatic heterocycles. The summed E-state index contributed by atoms with van der Waals surface area (Å²) in [5.41, 5.74) is 3.71. The zero-order chi connectivity index (χ0) is 24.5. The van der Waals surface area contributed by atoms with Crippen molar-refractivity contribution >= 4 is 48.0 Å². The summed E-state index contributed by atoms with van der Waals surface area (Å²) in [4.78, 5) is 25.0. The fraction of sp³-hybridized carbons (Fsp3) is 0.308. The molecule has 1 aliphatic heterocycles. The van der Waals surface area contributed by atoms with Gasteiger partial charge in [-0.1, -0.05) is 61.6 Å². The molecule has 8 heteroatoms. The van der Waals surface area contributed by atoms with Crippen LogP contribution in [0, 0.1) is 0 Å². The molecule has 1 fully saturated rings. The molecule has 0 unspecified atom stereocenters. The molecule has 1 saturated heterocycles. The second kappa shape index (κ2) is 9.78. The lowest BCUT2D eigenvalue weighted by Gasteiger charge is -2.15. The molecule has 0 saturated carbocycles. The van der Waals surface area contributed by atoms with Crippen LogP contribution in [0.15, 0.2) is 54.2 Å². The fourth-order valence-electron chi connectivity index (χ4n) is 4.26. The Bertz CT molecular complexity index is 1280. The Morgan fingerprint density at radius 3 is 2.53 bits per heavy atom. The SMILES string of the molecule is C[Si](C)(C)CCOCn1cc(C(=C2CCNC2=O)c2ccccc2)c2c(C(=O)O)cc(Cl)cc21. The average molecular weight is 497 g/mol. The van der Waals surface area contributed by atoms with E-state index in [9.17, 15) is 14.7 Å². The first-order valence-electron chi connectivity index (χ1n) is 11.4. The van der Waals surface area contributed by atoms with Crippen molar-refractivity contribution in [2.24, 2.45) is 0 Å². The molecule has 0 radical (unpaired) electrons. The van der Waals surface area contributed by atoms with Crippen molar-refractivity contribution in [1.82, 2.24) is 9.88 Å². The molecule has 178 valence electrons. The molecule has 0 atom stereocenters. The van der Waals surface area contributed by atoms with Crippen LogP contribution in [-0.4, -0.2) is 42.8 Å². The number of carbonyl (C=O) groups is 2. The molecule has 1 amide bonds. The van der Waals surface area contributed by atoms with Crippen LogP contribution in [0.1, 0.15) is 27.9 Å². The van der Waals surface area contributed by atoms with Crippen LogP contribution >= 0.6 is 11.6 Å². The van der Waals surface area contributed by atoms with Crippen LogP contribution in [0.2, 0.25) is 30.7 Å². The van der Waals surface area contributed by atoms with Crippen molar-refractivity contribution in [3.63, 3.8) is 0 Å². The lowest BCUT2D eigenvalue weighted by atomic mass is 9.90. The van der Waals surface area contributed by atoms with Crippen LogP contribution < -0.4 is 5.32 Å². The van der Waals surface area contributed by atoms with Crippen molar-refractivity contribution < 1.29 is 19.4 Å². The number of benzene rings is 2. The smallest absolute Gasteiger partial charge is 0.336 e. The number of rotatable bonds is 8. The van der Waals surface area contributed by atoms with Crippen molar-refractivity contribution in [2.75, 3.05) is 13.2 Å². The number of carbonyl (C=O) groups excluding carboxylic acids is 1. The summed E-state index contributed by atoms with van der Waals surface area (Å²) in [5, 5.41) is 13.8. The first-order valence-corrected chi connectivity index (χ1v) is 15.4. The summed E-state index contributed by atoms with van der Waals surface area (Å²) in [6.07, 6.45) is 2.46. The quantitative estimate of drug-likeness (QED) is 0.241. The summed E-state index contributed by atoms with van der Waals surface area (Å²) in [6, 6.07) is 13.9. The minimum Gasteiger partial charge on any atom is -0.478 e. The van der Waals surface area contributed by atoms with Crippen molar-refractivity contribution in [1.29, 1.82) is 0 Å². The second-order valence-corrected chi connectivity index (χ2v) is 15.8. The van der Waals surface area contributed by atoms with Gasteiger partial charge in [0.05, 0.1) is 11.1 Å². The summed E-state index contributed by atoms with van der Waals surface area (Å²) in [6.45, 7) is 8.34. The molecular formula is C26H29ClN2O4Si. The zero-order valence-electron chi connectivity index (χ0n) is 19.7. The van der Waals surface area contributed by atoms with Gasteiger partial charge >= 0.3 is 5.97 Å². The number of amides is 1. The highest BCUT2D eigenvalue weighted by atomic mass is 35.5. The molecule has 34 heavy (non-hydrogen) atoms. The van der Waals surface area contributed by atoms with Gasteiger partial charge in [-0.05, 0) is 35.7 Å². The van der Waals surface area contributed by atoms with E-state index < -0.39 is 14.0 Å². The molecule has 2 aromatic carbocycles. The van der Waals surface area contributed by atoms with Gasteiger partial charge in [0.1, 0.15) is 6.73 Å². The Morgan fingerprint density at radius 1 is 1.18 bits per heavy atom. The fourth-order valence-corrected chi connectivity index (χ4v) is 5.22. The maximum absolute atomic E-state index is 12.7. The third-order valence-electron chi connectivity index (χ3n) is 5.97. The zero-order valence-corrected chi connectivity index (χ0v) is 21.4. The molecule has 6 nitrogen and oxygen atoms in total. The minimum atomic E-state index is -1.25. The summed E-state index contributed by atoms with van der Waals surface area (Å²) >= 11 is 6.33. The Kier molecular flexibility index (Phi) is 6.98. The maximum Gasteiger partial charge on any atom is 0.336 e. The van der Waals surface area contributed by atoms with E-state index in [2.05, 4.69) is 25.0 Å². The highest BCUT2D eigenvalue weighted by molar-refractivity contribution is 6.76. The highest BCUT2D eigenvalue weighted by Gasteiger charge is 2.27. The van der Waals surface area contributed by atoms with Gasteiger partial charge in [-0.3, -0.25) is 4.79 Å². The van der Waals surface area contributed by atoms with Crippen molar-refractivity contribution in [3.05, 3.63) is 75.9 Å². The van der Waals surface area contributed by atoms with E-state index in [-0.39, 0.29) is 18.2 Å². The Hall–Kier alpha value is -2.87. The van der Waals surface area contributed by atoms with Crippen LogP contribution in [-0.2, 0) is 16.3 Å². The topological polar surface area (TPSA) is 80.6 Å². The molecule has 0 bridgehead atoms. The Balaban J connectivity index is 1.92. The van der Waals surface area contributed by atoms with Crippen LogP contribution in [0.3, 0.4) is 0 Å². The lowest BCUT2D eigenvalue weighted by molar-refractivity contribution is -0.116. The summed E-state index contributed by atoms with van der Waals surface area (Å²) in [7, 11) is -1.25. The predicted molar refractivity (Wildman–Crippen MR) is 138 cm³/mol. The third kappa shape index (κ3) is 5.11. The van der Waals surface area contributed by atoms with Gasteiger partial charge in [-0.25, -0.2) is 4.79 Å². The van der Waals surface area contributed by atoms with E-state index >= 15 is 0 Å². The number of nitrogens with zero attached hydrogens (tertiary/aromatic N) is 1. The lowest BCUT2D eigenvalue weighted by Crippen LogP contribution is -2.21. The number of fused-ring (bicyclic) bond motifs is 1. The van der Waals surface area contributed by atoms with E-state index in [4.69, 9.17) is 16.3 Å². The number of aromatic carboxylic acids is 1. The average Bonchev–Trinajstić information content (AvgIpc) is 3.35. The molecule has 4 rings (SSSR count). The first kappa shape index (κ1) is 24.3. The van der Waals surface area contributed by atoms with Gasteiger partial charge in [0, 0.05) is 49.0 Å². The van der Waals surface area contributed by atoms with Gasteiger partial charge in [0.25, 0.3) is 0 Å². The largest absolute Gasteiger partial charge is 0.478 e. The molecular weight excluding hydrogens is 468 g/mol. The van der Waals surface area contributed by atoms with Gasteiger partial charge in [0.2, 0.25) is 5.91 Å². The Labute approximate surface area is 205 Å². The summed E-state index contributed by atoms with van der Waals surface area (Å²) in [5.74, 6) is -1.20. The van der Waals surface area contributed by atoms with Gasteiger partial charge in [-0.2, -0.15) is 0 Å². The van der Waals surface area contributed by atoms with Gasteiger partial charge < -0.3 is 19.7 Å². The van der Waals surface area contributed by atoms with Gasteiger partial charge in [-0.15, -0.1) is 0 Å². The summed E-state index contributed by atoms with van der Waals surface area (Å²) < 4.78 is 7.89. The number of halogens is 1. The van der Waals surface area contributed by atoms with E-state index in [1.807, 2.05) is 41.1 Å². The van der Waals surface area contributed by atoms with Crippen LogP contribution in [0.25, 0.3) is 16.5 Å². The van der Waals surface area contributed by atoms with Gasteiger partial charge in [0.15, 0.2) is 0 Å². The molecule has 2 N–H and O–H groups in total. The number of nitrogens with one attached hydrogen (secondary N) is 1. The number of carboxylic acids is 1. The van der Waals surface area contributed by atoms with Crippen LogP contribution in [0.4, 0.5) is 0 Å². The normalized spacial score (nSPS) is 15.6. The van der Waals surface area contributed by atoms with E-state index in [0.29, 0.717) is 46.6 Å². The molecule has 0 aliphatic carbocycles. The Morgan fingerprint density at radius 2 is 1.91 bits per heavy atom. The number of hydrogen-bond acceptors (Lipinski definition) is 3. The maximum atomic E-state index is 12.7. The minimum absolute atomic E-state index is 0.103. The van der Waals surface area contributed by atoms with E-state index in [1.54, 1.807) is 6.07 Å². The third-order valence-corrected chi connectivity index (χ3v) is 7.89. The molecule has 2 heterocycles. The van der Waals surface area contributed by atoms with Crippen LogP contribution in [0.5, 0.6) is 0 Å². The van der Waals surface area contributed by atoms with Crippen molar-refractivity contribution in [2.45, 2.75) is 38.8 Å². The van der Waals surface area contributed by atoms with Crippen molar-refractivity contribution in [3.8, 4) is 0 Å². The molecule has 0 spiro atoms. The molecule has 3 aromatic rings. The highest BCUT2D eigenvalue weighted by Crippen LogP contribution is 2.38. The monoisotopic (exact) mass is 496 g/mol. The standard InChI is InChI=1S/C26H29ClN2O4Si/c1-34(2,3)12-11-33-16-29-15-21(24-20(26(31)32)13-18(27)14-22(24)29)23(17-7-5-4-6-8-17)19-9-10-28-25(19)30/h4-8,13-15H,9-12,16H2,1-3H3,(H,28,30)(H,31,32).